The first-order chi connectivity index (χ1) is 8.98. The number of hydrogen-bond donors (Lipinski definition) is 1. The summed E-state index contributed by atoms with van der Waals surface area (Å²) < 4.78 is 41.5. The Hall–Kier alpha value is -1.11. The molecule has 108 valence electrons. The first-order valence-corrected chi connectivity index (χ1v) is 6.53. The minimum atomic E-state index is -4.30. The van der Waals surface area contributed by atoms with Crippen LogP contribution in [0.15, 0.2) is 4.52 Å². The van der Waals surface area contributed by atoms with E-state index in [1.54, 1.807) is 0 Å². The minimum Gasteiger partial charge on any atom is -0.339 e. The molecule has 0 aromatic carbocycles. The lowest BCUT2D eigenvalue weighted by Gasteiger charge is -2.20. The average molecular weight is 277 g/mol. The molecular formula is C12H18F3N3O. The molecule has 1 N–H and O–H groups in total. The Bertz CT molecular complexity index is 399. The van der Waals surface area contributed by atoms with Gasteiger partial charge < -0.3 is 9.84 Å². The fourth-order valence-electron chi connectivity index (χ4n) is 2.68. The first-order valence-electron chi connectivity index (χ1n) is 6.53. The molecule has 1 aliphatic rings. The predicted molar refractivity (Wildman–Crippen MR) is 62.6 cm³/mol. The molecule has 1 atom stereocenters. The van der Waals surface area contributed by atoms with Gasteiger partial charge in [0.05, 0.1) is 0 Å². The number of aromatic nitrogens is 2. The zero-order valence-electron chi connectivity index (χ0n) is 10.8. The highest BCUT2D eigenvalue weighted by Gasteiger charge is 2.31. The van der Waals surface area contributed by atoms with E-state index in [1.807, 2.05) is 7.05 Å². The number of halogens is 3. The predicted octanol–water partition coefficient (Wildman–Crippen LogP) is 2.50. The Morgan fingerprint density at radius 3 is 2.63 bits per heavy atom. The molecule has 7 heteroatoms. The van der Waals surface area contributed by atoms with E-state index >= 15 is 0 Å². The van der Waals surface area contributed by atoms with Gasteiger partial charge in [0, 0.05) is 12.5 Å². The third kappa shape index (κ3) is 4.19. The molecule has 0 saturated heterocycles. The van der Waals surface area contributed by atoms with Crippen molar-refractivity contribution in [2.45, 2.75) is 50.7 Å². The summed E-state index contributed by atoms with van der Waals surface area (Å²) in [4.78, 5) is 3.82. The van der Waals surface area contributed by atoms with Crippen LogP contribution in [0.5, 0.6) is 0 Å². The second-order valence-electron chi connectivity index (χ2n) is 5.04. The van der Waals surface area contributed by atoms with Crippen molar-refractivity contribution in [2.75, 3.05) is 7.05 Å². The van der Waals surface area contributed by atoms with Crippen molar-refractivity contribution < 1.29 is 17.7 Å². The third-order valence-corrected chi connectivity index (χ3v) is 3.60. The van der Waals surface area contributed by atoms with E-state index in [1.165, 1.54) is 12.8 Å². The van der Waals surface area contributed by atoms with E-state index in [2.05, 4.69) is 15.5 Å². The molecule has 19 heavy (non-hydrogen) atoms. The van der Waals surface area contributed by atoms with E-state index in [9.17, 15) is 13.2 Å². The van der Waals surface area contributed by atoms with Gasteiger partial charge in [-0.1, -0.05) is 18.0 Å². The van der Waals surface area contributed by atoms with Crippen LogP contribution in [0, 0.1) is 5.92 Å². The molecule has 4 nitrogen and oxygen atoms in total. The maximum absolute atomic E-state index is 12.2. The van der Waals surface area contributed by atoms with Crippen LogP contribution >= 0.6 is 0 Å². The smallest absolute Gasteiger partial charge is 0.339 e. The molecule has 0 bridgehead atoms. The van der Waals surface area contributed by atoms with Crippen molar-refractivity contribution >= 4 is 0 Å². The number of nitrogens with one attached hydrogen (secondary N) is 1. The topological polar surface area (TPSA) is 51.0 Å². The molecule has 1 unspecified atom stereocenters. The van der Waals surface area contributed by atoms with Crippen molar-refractivity contribution in [3.8, 4) is 0 Å². The van der Waals surface area contributed by atoms with Gasteiger partial charge in [-0.3, -0.25) is 0 Å². The molecule has 0 aliphatic heterocycles. The van der Waals surface area contributed by atoms with Crippen LogP contribution in [-0.2, 0) is 12.8 Å². The molecule has 0 amide bonds. The molecule has 1 aromatic heterocycles. The van der Waals surface area contributed by atoms with E-state index in [4.69, 9.17) is 4.52 Å². The molecule has 1 aromatic rings. The zero-order valence-corrected chi connectivity index (χ0v) is 10.8. The van der Waals surface area contributed by atoms with Gasteiger partial charge in [0.1, 0.15) is 6.42 Å². The molecule has 0 spiro atoms. The molecule has 1 fully saturated rings. The van der Waals surface area contributed by atoms with Crippen LogP contribution in [0.3, 0.4) is 0 Å². The van der Waals surface area contributed by atoms with E-state index < -0.39 is 12.6 Å². The monoisotopic (exact) mass is 277 g/mol. The molecule has 1 aliphatic carbocycles. The Morgan fingerprint density at radius 2 is 2.05 bits per heavy atom. The molecule has 1 saturated carbocycles. The maximum Gasteiger partial charge on any atom is 0.396 e. The number of likely N-dealkylation sites (N-methyl/N-ethyl adjacent to an activating group) is 1. The Balaban J connectivity index is 1.94. The maximum atomic E-state index is 12.2. The highest BCUT2D eigenvalue weighted by atomic mass is 19.4. The highest BCUT2D eigenvalue weighted by molar-refractivity contribution is 4.93. The summed E-state index contributed by atoms with van der Waals surface area (Å²) in [6.07, 6.45) is -0.215. The first kappa shape index (κ1) is 14.3. The van der Waals surface area contributed by atoms with Gasteiger partial charge in [-0.05, 0) is 25.8 Å². The number of hydrogen-bond acceptors (Lipinski definition) is 4. The van der Waals surface area contributed by atoms with Gasteiger partial charge in [0.25, 0.3) is 0 Å². The minimum absolute atomic E-state index is 0.196. The molecular weight excluding hydrogens is 259 g/mol. The van der Waals surface area contributed by atoms with Crippen LogP contribution < -0.4 is 5.32 Å². The largest absolute Gasteiger partial charge is 0.396 e. The fraction of sp³-hybridized carbons (Fsp3) is 0.833. The standard InChI is InChI=1S/C12H18F3N3O/c1-16-9(8-4-2-3-5-8)6-11-17-10(18-19-11)7-12(13,14)15/h8-9,16H,2-7H2,1H3. The SMILES string of the molecule is CNC(Cc1nc(CC(F)(F)F)no1)C1CCCC1. The number of rotatable bonds is 5. The van der Waals surface area contributed by atoms with Crippen LogP contribution in [0.1, 0.15) is 37.4 Å². The summed E-state index contributed by atoms with van der Waals surface area (Å²) >= 11 is 0. The number of nitrogens with zero attached hydrogens (tertiary/aromatic N) is 2. The van der Waals surface area contributed by atoms with Crippen molar-refractivity contribution in [1.82, 2.24) is 15.5 Å². The van der Waals surface area contributed by atoms with Gasteiger partial charge in [-0.25, -0.2) is 0 Å². The Labute approximate surface area is 109 Å². The summed E-state index contributed by atoms with van der Waals surface area (Å²) in [5.74, 6) is 0.539. The van der Waals surface area contributed by atoms with Gasteiger partial charge in [0.2, 0.25) is 5.89 Å². The molecule has 0 radical (unpaired) electrons. The van der Waals surface area contributed by atoms with Gasteiger partial charge >= 0.3 is 6.18 Å². The van der Waals surface area contributed by atoms with Gasteiger partial charge in [0.15, 0.2) is 5.82 Å². The van der Waals surface area contributed by atoms with Crippen LogP contribution in [-0.4, -0.2) is 29.4 Å². The summed E-state index contributed by atoms with van der Waals surface area (Å²) in [7, 11) is 1.86. The van der Waals surface area contributed by atoms with E-state index in [0.717, 1.165) is 12.8 Å². The molecule has 2 rings (SSSR count). The summed E-state index contributed by atoms with van der Waals surface area (Å²) in [5, 5.41) is 6.58. The van der Waals surface area contributed by atoms with Crippen LogP contribution in [0.2, 0.25) is 0 Å². The Kier molecular flexibility index (Phi) is 4.44. The van der Waals surface area contributed by atoms with Gasteiger partial charge in [-0.2, -0.15) is 18.2 Å². The van der Waals surface area contributed by atoms with Gasteiger partial charge in [-0.15, -0.1) is 0 Å². The van der Waals surface area contributed by atoms with Crippen molar-refractivity contribution in [3.63, 3.8) is 0 Å². The number of alkyl halides is 3. The lowest BCUT2D eigenvalue weighted by molar-refractivity contribution is -0.128. The highest BCUT2D eigenvalue weighted by Crippen LogP contribution is 2.29. The van der Waals surface area contributed by atoms with E-state index in [0.29, 0.717) is 12.3 Å². The normalized spacial score (nSPS) is 18.9. The lowest BCUT2D eigenvalue weighted by Crippen LogP contribution is -2.34. The summed E-state index contributed by atoms with van der Waals surface area (Å²) in [6, 6.07) is 0.196. The van der Waals surface area contributed by atoms with Crippen LogP contribution in [0.4, 0.5) is 13.2 Å². The quantitative estimate of drug-likeness (QED) is 0.898. The second-order valence-corrected chi connectivity index (χ2v) is 5.04. The van der Waals surface area contributed by atoms with Crippen molar-refractivity contribution in [1.29, 1.82) is 0 Å². The van der Waals surface area contributed by atoms with Crippen molar-refractivity contribution in [2.24, 2.45) is 5.92 Å². The third-order valence-electron chi connectivity index (χ3n) is 3.60. The van der Waals surface area contributed by atoms with E-state index in [-0.39, 0.29) is 17.8 Å². The van der Waals surface area contributed by atoms with Crippen LogP contribution in [0.25, 0.3) is 0 Å². The second kappa shape index (κ2) is 5.90. The summed E-state index contributed by atoms with van der Waals surface area (Å²) in [5.41, 5.74) is 0. The zero-order chi connectivity index (χ0) is 13.9. The fourth-order valence-corrected chi connectivity index (χ4v) is 2.68. The lowest BCUT2D eigenvalue weighted by atomic mass is 9.95. The molecule has 1 heterocycles. The van der Waals surface area contributed by atoms with Crippen molar-refractivity contribution in [3.05, 3.63) is 11.7 Å². The summed E-state index contributed by atoms with van der Waals surface area (Å²) in [6.45, 7) is 0. The average Bonchev–Trinajstić information content (AvgIpc) is 2.94. The Morgan fingerprint density at radius 1 is 1.37 bits per heavy atom.